The van der Waals surface area contributed by atoms with E-state index in [1.165, 1.54) is 6.07 Å². The molecular weight excluding hydrogens is 217 g/mol. The van der Waals surface area contributed by atoms with Gasteiger partial charge in [-0.25, -0.2) is 4.39 Å². The lowest BCUT2D eigenvalue weighted by molar-refractivity contribution is 0.175. The van der Waals surface area contributed by atoms with Crippen molar-refractivity contribution in [3.8, 4) is 0 Å². The second kappa shape index (κ2) is 3.83. The zero-order valence-corrected chi connectivity index (χ0v) is 9.00. The van der Waals surface area contributed by atoms with Crippen LogP contribution in [0.5, 0.6) is 0 Å². The quantitative estimate of drug-likeness (QED) is 0.839. The summed E-state index contributed by atoms with van der Waals surface area (Å²) in [6, 6.07) is 4.76. The molecule has 4 heteroatoms. The van der Waals surface area contributed by atoms with Crippen LogP contribution in [-0.4, -0.2) is 15.8 Å². The van der Waals surface area contributed by atoms with Gasteiger partial charge in [-0.05, 0) is 25.1 Å². The highest BCUT2D eigenvalue weighted by molar-refractivity contribution is 6.35. The molecule has 15 heavy (non-hydrogen) atoms. The Morgan fingerprint density at radius 1 is 1.47 bits per heavy atom. The normalized spacial score (nSPS) is 13.3. The van der Waals surface area contributed by atoms with E-state index in [1.807, 2.05) is 4.57 Å². The van der Waals surface area contributed by atoms with Gasteiger partial charge in [-0.15, -0.1) is 0 Å². The molecule has 0 saturated carbocycles. The van der Waals surface area contributed by atoms with Gasteiger partial charge in [-0.3, -0.25) is 0 Å². The number of halogens is 2. The van der Waals surface area contributed by atoms with E-state index >= 15 is 0 Å². The number of fused-ring (bicyclic) bond motifs is 1. The number of rotatable bonds is 2. The van der Waals surface area contributed by atoms with Crippen molar-refractivity contribution >= 4 is 22.5 Å². The van der Waals surface area contributed by atoms with Gasteiger partial charge in [0.05, 0.1) is 11.1 Å². The van der Waals surface area contributed by atoms with E-state index < -0.39 is 11.9 Å². The highest BCUT2D eigenvalue weighted by atomic mass is 35.5. The Morgan fingerprint density at radius 2 is 2.20 bits per heavy atom. The zero-order valence-electron chi connectivity index (χ0n) is 8.24. The van der Waals surface area contributed by atoms with Gasteiger partial charge in [0.25, 0.3) is 0 Å². The van der Waals surface area contributed by atoms with E-state index in [4.69, 9.17) is 11.6 Å². The van der Waals surface area contributed by atoms with Crippen molar-refractivity contribution in [1.82, 2.24) is 4.57 Å². The van der Waals surface area contributed by atoms with Crippen LogP contribution >= 0.6 is 11.6 Å². The van der Waals surface area contributed by atoms with Crippen molar-refractivity contribution in [1.29, 1.82) is 0 Å². The molecule has 0 fully saturated rings. The highest BCUT2D eigenvalue weighted by Gasteiger charge is 2.09. The minimum absolute atomic E-state index is 0.136. The van der Waals surface area contributed by atoms with Crippen LogP contribution in [0.3, 0.4) is 0 Å². The van der Waals surface area contributed by atoms with Crippen LogP contribution in [0, 0.1) is 5.82 Å². The fourth-order valence-corrected chi connectivity index (χ4v) is 1.88. The van der Waals surface area contributed by atoms with Crippen molar-refractivity contribution in [3.63, 3.8) is 0 Å². The highest BCUT2D eigenvalue weighted by Crippen LogP contribution is 2.27. The van der Waals surface area contributed by atoms with Crippen molar-refractivity contribution in [2.45, 2.75) is 19.6 Å². The summed E-state index contributed by atoms with van der Waals surface area (Å²) in [5, 5.41) is 10.1. The van der Waals surface area contributed by atoms with Gasteiger partial charge in [0.2, 0.25) is 0 Å². The van der Waals surface area contributed by atoms with E-state index in [1.54, 1.807) is 25.3 Å². The molecule has 2 aromatic rings. The topological polar surface area (TPSA) is 25.2 Å². The molecule has 1 unspecified atom stereocenters. The summed E-state index contributed by atoms with van der Waals surface area (Å²) >= 11 is 5.83. The maximum Gasteiger partial charge on any atom is 0.142 e. The number of aliphatic hydroxyl groups is 1. The summed E-state index contributed by atoms with van der Waals surface area (Å²) in [4.78, 5) is 0. The van der Waals surface area contributed by atoms with Crippen LogP contribution in [0.2, 0.25) is 5.02 Å². The first-order valence-electron chi connectivity index (χ1n) is 4.70. The second-order valence-electron chi connectivity index (χ2n) is 3.61. The number of aliphatic hydroxyl groups excluding tert-OH is 1. The van der Waals surface area contributed by atoms with E-state index in [2.05, 4.69) is 0 Å². The van der Waals surface area contributed by atoms with Gasteiger partial charge in [0.15, 0.2) is 0 Å². The van der Waals surface area contributed by atoms with E-state index in [-0.39, 0.29) is 5.02 Å². The van der Waals surface area contributed by atoms with Crippen LogP contribution in [0.15, 0.2) is 24.4 Å². The average Bonchev–Trinajstić information content (AvgIpc) is 2.55. The van der Waals surface area contributed by atoms with Gasteiger partial charge in [-0.2, -0.15) is 0 Å². The molecular formula is C11H11ClFNO. The van der Waals surface area contributed by atoms with E-state index in [0.717, 1.165) is 5.52 Å². The number of benzene rings is 1. The monoisotopic (exact) mass is 227 g/mol. The van der Waals surface area contributed by atoms with Crippen molar-refractivity contribution in [2.24, 2.45) is 0 Å². The summed E-state index contributed by atoms with van der Waals surface area (Å²) in [7, 11) is 0. The van der Waals surface area contributed by atoms with E-state index in [0.29, 0.717) is 11.9 Å². The fraction of sp³-hybridized carbons (Fsp3) is 0.273. The lowest BCUT2D eigenvalue weighted by Gasteiger charge is -2.07. The van der Waals surface area contributed by atoms with E-state index in [9.17, 15) is 9.50 Å². The molecule has 0 aliphatic carbocycles. The molecule has 0 spiro atoms. The molecule has 2 nitrogen and oxygen atoms in total. The third-order valence-electron chi connectivity index (χ3n) is 2.30. The Labute approximate surface area is 91.9 Å². The third-order valence-corrected chi connectivity index (χ3v) is 2.69. The first-order chi connectivity index (χ1) is 7.09. The van der Waals surface area contributed by atoms with Crippen LogP contribution in [-0.2, 0) is 6.54 Å². The van der Waals surface area contributed by atoms with Gasteiger partial charge in [-0.1, -0.05) is 11.6 Å². The van der Waals surface area contributed by atoms with Crippen LogP contribution in [0.1, 0.15) is 6.92 Å². The Kier molecular flexibility index (Phi) is 2.67. The largest absolute Gasteiger partial charge is 0.392 e. The lowest BCUT2D eigenvalue weighted by atomic mass is 10.2. The number of aromatic nitrogens is 1. The first-order valence-corrected chi connectivity index (χ1v) is 5.08. The lowest BCUT2D eigenvalue weighted by Crippen LogP contribution is -2.10. The molecule has 1 N–H and O–H groups in total. The number of hydrogen-bond acceptors (Lipinski definition) is 1. The SMILES string of the molecule is CC(O)Cn1ccc2c(Cl)c(F)ccc21. The summed E-state index contributed by atoms with van der Waals surface area (Å²) < 4.78 is 15.0. The van der Waals surface area contributed by atoms with Gasteiger partial charge < -0.3 is 9.67 Å². The fourth-order valence-electron chi connectivity index (χ4n) is 1.65. The summed E-state index contributed by atoms with van der Waals surface area (Å²) in [6.45, 7) is 2.18. The Balaban J connectivity index is 2.57. The van der Waals surface area contributed by atoms with Gasteiger partial charge in [0, 0.05) is 23.6 Å². The molecule has 0 amide bonds. The molecule has 0 saturated heterocycles. The summed E-state index contributed by atoms with van der Waals surface area (Å²) in [5.74, 6) is -0.418. The molecule has 2 rings (SSSR count). The molecule has 0 aliphatic rings. The van der Waals surface area contributed by atoms with Crippen molar-refractivity contribution in [3.05, 3.63) is 35.2 Å². The molecule has 1 heterocycles. The molecule has 1 atom stereocenters. The molecule has 1 aromatic heterocycles. The number of hydrogen-bond donors (Lipinski definition) is 1. The van der Waals surface area contributed by atoms with Crippen LogP contribution < -0.4 is 0 Å². The maximum absolute atomic E-state index is 13.1. The minimum atomic E-state index is -0.440. The molecule has 0 aliphatic heterocycles. The van der Waals surface area contributed by atoms with Crippen LogP contribution in [0.4, 0.5) is 4.39 Å². The predicted molar refractivity (Wildman–Crippen MR) is 58.6 cm³/mol. The minimum Gasteiger partial charge on any atom is -0.392 e. The summed E-state index contributed by atoms with van der Waals surface area (Å²) in [6.07, 6.45) is 1.35. The van der Waals surface area contributed by atoms with Crippen molar-refractivity contribution < 1.29 is 9.50 Å². The van der Waals surface area contributed by atoms with Crippen molar-refractivity contribution in [2.75, 3.05) is 0 Å². The molecule has 1 aromatic carbocycles. The smallest absolute Gasteiger partial charge is 0.142 e. The van der Waals surface area contributed by atoms with Crippen LogP contribution in [0.25, 0.3) is 10.9 Å². The molecule has 80 valence electrons. The Hall–Kier alpha value is -1.06. The second-order valence-corrected chi connectivity index (χ2v) is 3.99. The zero-order chi connectivity index (χ0) is 11.0. The Morgan fingerprint density at radius 3 is 2.87 bits per heavy atom. The Bertz CT molecular complexity index is 493. The number of nitrogens with zero attached hydrogens (tertiary/aromatic N) is 1. The summed E-state index contributed by atoms with van der Waals surface area (Å²) in [5.41, 5.74) is 0.835. The first kappa shape index (κ1) is 10.5. The third kappa shape index (κ3) is 1.85. The standard InChI is InChI=1S/C11H11ClFNO/c1-7(15)6-14-5-4-8-10(14)3-2-9(13)11(8)12/h2-5,7,15H,6H2,1H3. The maximum atomic E-state index is 13.1. The van der Waals surface area contributed by atoms with Gasteiger partial charge >= 0.3 is 0 Å². The predicted octanol–water partition coefficient (Wildman–Crippen LogP) is 2.81. The molecule has 0 bridgehead atoms. The molecule has 0 radical (unpaired) electrons. The van der Waals surface area contributed by atoms with Gasteiger partial charge in [0.1, 0.15) is 5.82 Å². The average molecular weight is 228 g/mol.